The Kier molecular flexibility index (Phi) is 4.78. The summed E-state index contributed by atoms with van der Waals surface area (Å²) in [6.07, 6.45) is 3.46. The molecule has 0 saturated carbocycles. The number of nitrogens with two attached hydrogens (primary N) is 1. The van der Waals surface area contributed by atoms with Crippen molar-refractivity contribution in [2.75, 3.05) is 19.6 Å². The van der Waals surface area contributed by atoms with Crippen LogP contribution in [0.1, 0.15) is 25.7 Å². The highest BCUT2D eigenvalue weighted by Crippen LogP contribution is 2.02. The molecule has 76 valence electrons. The summed E-state index contributed by atoms with van der Waals surface area (Å²) in [4.78, 5) is 11.3. The molecule has 1 saturated heterocycles. The quantitative estimate of drug-likeness (QED) is 0.558. The third-order valence-electron chi connectivity index (χ3n) is 2.31. The van der Waals surface area contributed by atoms with Crippen LogP contribution in [0.5, 0.6) is 0 Å². The number of carbonyl (C=O) groups is 1. The van der Waals surface area contributed by atoms with Gasteiger partial charge in [0.15, 0.2) is 0 Å². The molecule has 0 aliphatic carbocycles. The van der Waals surface area contributed by atoms with Crippen molar-refractivity contribution in [3.8, 4) is 0 Å². The molecular weight excluding hydrogens is 166 g/mol. The SMILES string of the molecule is NCCCC(=O)NC1CCNCC1. The van der Waals surface area contributed by atoms with Gasteiger partial charge in [0.25, 0.3) is 0 Å². The van der Waals surface area contributed by atoms with E-state index in [0.717, 1.165) is 32.4 Å². The summed E-state index contributed by atoms with van der Waals surface area (Å²) in [5.41, 5.74) is 5.32. The van der Waals surface area contributed by atoms with E-state index in [1.54, 1.807) is 0 Å². The minimum Gasteiger partial charge on any atom is -0.353 e. The maximum atomic E-state index is 11.3. The van der Waals surface area contributed by atoms with Gasteiger partial charge >= 0.3 is 0 Å². The van der Waals surface area contributed by atoms with E-state index in [0.29, 0.717) is 19.0 Å². The fourth-order valence-electron chi connectivity index (χ4n) is 1.53. The van der Waals surface area contributed by atoms with Crippen molar-refractivity contribution in [1.29, 1.82) is 0 Å². The maximum Gasteiger partial charge on any atom is 0.220 e. The van der Waals surface area contributed by atoms with E-state index in [4.69, 9.17) is 5.73 Å². The zero-order chi connectivity index (χ0) is 9.52. The van der Waals surface area contributed by atoms with Crippen LogP contribution in [-0.4, -0.2) is 31.6 Å². The number of carbonyl (C=O) groups excluding carboxylic acids is 1. The molecule has 1 heterocycles. The Hall–Kier alpha value is -0.610. The Morgan fingerprint density at radius 1 is 1.46 bits per heavy atom. The van der Waals surface area contributed by atoms with Crippen molar-refractivity contribution >= 4 is 5.91 Å². The number of hydrogen-bond acceptors (Lipinski definition) is 3. The van der Waals surface area contributed by atoms with Gasteiger partial charge in [-0.15, -0.1) is 0 Å². The lowest BCUT2D eigenvalue weighted by atomic mass is 10.1. The molecular formula is C9H19N3O. The van der Waals surface area contributed by atoms with E-state index < -0.39 is 0 Å². The van der Waals surface area contributed by atoms with Crippen LogP contribution in [0.25, 0.3) is 0 Å². The first kappa shape index (κ1) is 10.5. The third-order valence-corrected chi connectivity index (χ3v) is 2.31. The molecule has 0 atom stereocenters. The van der Waals surface area contributed by atoms with Gasteiger partial charge in [-0.1, -0.05) is 0 Å². The number of hydrogen-bond donors (Lipinski definition) is 3. The van der Waals surface area contributed by atoms with E-state index in [-0.39, 0.29) is 5.91 Å². The van der Waals surface area contributed by atoms with Gasteiger partial charge in [-0.05, 0) is 38.9 Å². The smallest absolute Gasteiger partial charge is 0.220 e. The first-order valence-electron chi connectivity index (χ1n) is 5.03. The summed E-state index contributed by atoms with van der Waals surface area (Å²) in [6.45, 7) is 2.63. The maximum absolute atomic E-state index is 11.3. The molecule has 1 fully saturated rings. The van der Waals surface area contributed by atoms with Gasteiger partial charge < -0.3 is 16.4 Å². The molecule has 0 aromatic carbocycles. The fourth-order valence-corrected chi connectivity index (χ4v) is 1.53. The predicted molar refractivity (Wildman–Crippen MR) is 52.3 cm³/mol. The predicted octanol–water partition coefficient (Wildman–Crippen LogP) is -0.406. The first-order valence-corrected chi connectivity index (χ1v) is 5.03. The molecule has 1 amide bonds. The molecule has 4 heteroatoms. The summed E-state index contributed by atoms with van der Waals surface area (Å²) in [5.74, 6) is 0.150. The average molecular weight is 185 g/mol. The van der Waals surface area contributed by atoms with Gasteiger partial charge in [-0.2, -0.15) is 0 Å². The Morgan fingerprint density at radius 2 is 2.15 bits per heavy atom. The second-order valence-electron chi connectivity index (χ2n) is 3.48. The van der Waals surface area contributed by atoms with E-state index in [9.17, 15) is 4.79 Å². The number of amides is 1. The minimum atomic E-state index is 0.150. The van der Waals surface area contributed by atoms with Gasteiger partial charge in [-0.3, -0.25) is 4.79 Å². The van der Waals surface area contributed by atoms with Crippen molar-refractivity contribution in [3.05, 3.63) is 0 Å². The molecule has 1 rings (SSSR count). The largest absolute Gasteiger partial charge is 0.353 e. The third kappa shape index (κ3) is 4.24. The lowest BCUT2D eigenvalue weighted by Crippen LogP contribution is -2.42. The van der Waals surface area contributed by atoms with Crippen LogP contribution in [0.4, 0.5) is 0 Å². The van der Waals surface area contributed by atoms with Crippen molar-refractivity contribution in [3.63, 3.8) is 0 Å². The molecule has 4 nitrogen and oxygen atoms in total. The second kappa shape index (κ2) is 5.94. The van der Waals surface area contributed by atoms with Crippen LogP contribution >= 0.6 is 0 Å². The first-order chi connectivity index (χ1) is 6.33. The highest BCUT2D eigenvalue weighted by molar-refractivity contribution is 5.76. The van der Waals surface area contributed by atoms with Gasteiger partial charge in [0, 0.05) is 12.5 Å². The van der Waals surface area contributed by atoms with Crippen LogP contribution in [-0.2, 0) is 4.79 Å². The summed E-state index contributed by atoms with van der Waals surface area (Å²) < 4.78 is 0. The fraction of sp³-hybridized carbons (Fsp3) is 0.889. The summed E-state index contributed by atoms with van der Waals surface area (Å²) in [6, 6.07) is 0.381. The summed E-state index contributed by atoms with van der Waals surface area (Å²) in [5, 5.41) is 6.28. The molecule has 0 unspecified atom stereocenters. The normalized spacial score (nSPS) is 18.5. The average Bonchev–Trinajstić information content (AvgIpc) is 2.16. The van der Waals surface area contributed by atoms with Crippen LogP contribution in [0.2, 0.25) is 0 Å². The minimum absolute atomic E-state index is 0.150. The molecule has 0 aromatic rings. The van der Waals surface area contributed by atoms with E-state index in [1.807, 2.05) is 0 Å². The second-order valence-corrected chi connectivity index (χ2v) is 3.48. The van der Waals surface area contributed by atoms with Gasteiger partial charge in [0.05, 0.1) is 0 Å². The lowest BCUT2D eigenvalue weighted by Gasteiger charge is -2.23. The van der Waals surface area contributed by atoms with E-state index in [2.05, 4.69) is 10.6 Å². The molecule has 4 N–H and O–H groups in total. The number of nitrogens with one attached hydrogen (secondary N) is 2. The molecule has 0 radical (unpaired) electrons. The zero-order valence-corrected chi connectivity index (χ0v) is 8.01. The van der Waals surface area contributed by atoms with Crippen LogP contribution < -0.4 is 16.4 Å². The van der Waals surface area contributed by atoms with Crippen molar-refractivity contribution < 1.29 is 4.79 Å². The van der Waals surface area contributed by atoms with E-state index >= 15 is 0 Å². The summed E-state index contributed by atoms with van der Waals surface area (Å²) in [7, 11) is 0. The Morgan fingerprint density at radius 3 is 2.77 bits per heavy atom. The van der Waals surface area contributed by atoms with Crippen LogP contribution in [0.15, 0.2) is 0 Å². The molecule has 1 aliphatic rings. The van der Waals surface area contributed by atoms with Gasteiger partial charge in [-0.25, -0.2) is 0 Å². The number of piperidine rings is 1. The highest BCUT2D eigenvalue weighted by Gasteiger charge is 2.14. The topological polar surface area (TPSA) is 67.2 Å². The molecule has 13 heavy (non-hydrogen) atoms. The van der Waals surface area contributed by atoms with Crippen molar-refractivity contribution in [2.24, 2.45) is 5.73 Å². The molecule has 0 spiro atoms. The molecule has 0 bridgehead atoms. The van der Waals surface area contributed by atoms with Crippen molar-refractivity contribution in [2.45, 2.75) is 31.7 Å². The molecule has 0 aromatic heterocycles. The lowest BCUT2D eigenvalue weighted by molar-refractivity contribution is -0.122. The zero-order valence-electron chi connectivity index (χ0n) is 8.01. The van der Waals surface area contributed by atoms with Gasteiger partial charge in [0.2, 0.25) is 5.91 Å². The Labute approximate surface area is 79.3 Å². The van der Waals surface area contributed by atoms with Gasteiger partial charge in [0.1, 0.15) is 0 Å². The monoisotopic (exact) mass is 185 g/mol. The highest BCUT2D eigenvalue weighted by atomic mass is 16.1. The summed E-state index contributed by atoms with van der Waals surface area (Å²) >= 11 is 0. The van der Waals surface area contributed by atoms with Crippen LogP contribution in [0.3, 0.4) is 0 Å². The number of rotatable bonds is 4. The van der Waals surface area contributed by atoms with Crippen molar-refractivity contribution in [1.82, 2.24) is 10.6 Å². The Balaban J connectivity index is 2.11. The van der Waals surface area contributed by atoms with E-state index in [1.165, 1.54) is 0 Å². The van der Waals surface area contributed by atoms with Crippen LogP contribution in [0, 0.1) is 0 Å². The Bertz CT molecular complexity index is 155. The molecule has 1 aliphatic heterocycles. The standard InChI is InChI=1S/C9H19N3O/c10-5-1-2-9(13)12-8-3-6-11-7-4-8/h8,11H,1-7,10H2,(H,12,13).